The monoisotopic (exact) mass is 343 g/mol. The van der Waals surface area contributed by atoms with E-state index in [1.165, 1.54) is 0 Å². The molecule has 1 aliphatic heterocycles. The molecule has 7 heteroatoms. The molecule has 2 aromatic rings. The van der Waals surface area contributed by atoms with E-state index in [1.54, 1.807) is 13.0 Å². The molecule has 1 saturated heterocycles. The predicted molar refractivity (Wildman–Crippen MR) is 96.5 cm³/mol. The number of nitrogens with zero attached hydrogens (tertiary/aromatic N) is 3. The maximum absolute atomic E-state index is 12.4. The van der Waals surface area contributed by atoms with Crippen LogP contribution in [0.2, 0.25) is 0 Å². The number of likely N-dealkylation sites (N-methyl/N-ethyl adjacent to an activating group) is 1. The van der Waals surface area contributed by atoms with E-state index < -0.39 is 0 Å². The molecule has 1 atom stereocenters. The fraction of sp³-hybridized carbons (Fsp3) is 0.444. The van der Waals surface area contributed by atoms with Gasteiger partial charge in [-0.25, -0.2) is 4.79 Å². The number of aryl methyl sites for hydroxylation is 1. The summed E-state index contributed by atoms with van der Waals surface area (Å²) in [4.78, 5) is 17.1. The van der Waals surface area contributed by atoms with Gasteiger partial charge in [0.1, 0.15) is 5.76 Å². The molecule has 3 rings (SSSR count). The number of urea groups is 1. The summed E-state index contributed by atoms with van der Waals surface area (Å²) >= 11 is 0. The van der Waals surface area contributed by atoms with Crippen LogP contribution in [0.25, 0.3) is 0 Å². The van der Waals surface area contributed by atoms with Gasteiger partial charge in [-0.3, -0.25) is 10.2 Å². The first-order chi connectivity index (χ1) is 12.1. The molecule has 25 heavy (non-hydrogen) atoms. The average molecular weight is 343 g/mol. The van der Waals surface area contributed by atoms with E-state index in [0.717, 1.165) is 38.3 Å². The predicted octanol–water partition coefficient (Wildman–Crippen LogP) is 2.09. The lowest BCUT2D eigenvalue weighted by molar-refractivity contribution is 0.143. The van der Waals surface area contributed by atoms with Gasteiger partial charge in [0.05, 0.1) is 6.04 Å². The number of benzene rings is 1. The first-order valence-corrected chi connectivity index (χ1v) is 8.57. The number of piperazine rings is 1. The summed E-state index contributed by atoms with van der Waals surface area (Å²) in [6.45, 7) is 6.68. The number of aromatic nitrogens is 1. The van der Waals surface area contributed by atoms with Gasteiger partial charge < -0.3 is 14.7 Å². The second kappa shape index (κ2) is 8.13. The molecule has 0 bridgehead atoms. The molecule has 0 saturated carbocycles. The average Bonchev–Trinajstić information content (AvgIpc) is 3.01. The van der Waals surface area contributed by atoms with Crippen LogP contribution in [-0.2, 0) is 0 Å². The third-order valence-corrected chi connectivity index (χ3v) is 4.41. The molecule has 1 aromatic carbocycles. The largest absolute Gasteiger partial charge is 0.360 e. The molecule has 0 aliphatic carbocycles. The van der Waals surface area contributed by atoms with Gasteiger partial charge in [-0.2, -0.15) is 0 Å². The second-order valence-corrected chi connectivity index (χ2v) is 6.49. The lowest BCUT2D eigenvalue weighted by atomic mass is 10.1. The second-order valence-electron chi connectivity index (χ2n) is 6.49. The molecule has 0 unspecified atom stereocenters. The Morgan fingerprint density at radius 3 is 2.60 bits per heavy atom. The number of hydrogen-bond donors (Lipinski definition) is 2. The third-order valence-electron chi connectivity index (χ3n) is 4.41. The molecule has 0 spiro atoms. The topological polar surface area (TPSA) is 73.6 Å². The van der Waals surface area contributed by atoms with Gasteiger partial charge in [0.25, 0.3) is 0 Å². The maximum Gasteiger partial charge on any atom is 0.321 e. The number of carbonyl (C=O) groups is 1. The van der Waals surface area contributed by atoms with E-state index in [9.17, 15) is 4.79 Å². The quantitative estimate of drug-likeness (QED) is 0.870. The van der Waals surface area contributed by atoms with Crippen LogP contribution in [-0.4, -0.2) is 60.8 Å². The van der Waals surface area contributed by atoms with Crippen LogP contribution in [0.5, 0.6) is 0 Å². The number of amides is 2. The minimum absolute atomic E-state index is 0.0856. The van der Waals surface area contributed by atoms with Crippen molar-refractivity contribution in [3.05, 3.63) is 47.7 Å². The molecule has 134 valence electrons. The lowest BCUT2D eigenvalue weighted by Crippen LogP contribution is -2.48. The van der Waals surface area contributed by atoms with Crippen molar-refractivity contribution in [2.24, 2.45) is 0 Å². The highest BCUT2D eigenvalue weighted by Crippen LogP contribution is 2.16. The SMILES string of the molecule is Cc1cc(NC(=O)N[C@H](CN2CCN(C)CC2)c2ccccc2)no1. The van der Waals surface area contributed by atoms with E-state index in [4.69, 9.17) is 4.52 Å². The molecule has 1 fully saturated rings. The summed E-state index contributed by atoms with van der Waals surface area (Å²) in [5.41, 5.74) is 1.09. The van der Waals surface area contributed by atoms with Gasteiger partial charge in [0, 0.05) is 38.8 Å². The van der Waals surface area contributed by atoms with Crippen molar-refractivity contribution in [2.45, 2.75) is 13.0 Å². The molecular weight excluding hydrogens is 318 g/mol. The Hall–Kier alpha value is -2.38. The Kier molecular flexibility index (Phi) is 5.67. The highest BCUT2D eigenvalue weighted by Gasteiger charge is 2.21. The van der Waals surface area contributed by atoms with Crippen molar-refractivity contribution in [1.82, 2.24) is 20.3 Å². The molecule has 2 heterocycles. The molecule has 2 N–H and O–H groups in total. The van der Waals surface area contributed by atoms with Crippen LogP contribution in [0.3, 0.4) is 0 Å². The van der Waals surface area contributed by atoms with Crippen LogP contribution in [0.1, 0.15) is 17.4 Å². The Balaban J connectivity index is 1.64. The van der Waals surface area contributed by atoms with Gasteiger partial charge in [0.15, 0.2) is 5.82 Å². The number of rotatable bonds is 5. The summed E-state index contributed by atoms with van der Waals surface area (Å²) in [7, 11) is 2.14. The highest BCUT2D eigenvalue weighted by molar-refractivity contribution is 5.88. The number of hydrogen-bond acceptors (Lipinski definition) is 5. The van der Waals surface area contributed by atoms with Crippen molar-refractivity contribution < 1.29 is 9.32 Å². The van der Waals surface area contributed by atoms with Crippen LogP contribution >= 0.6 is 0 Å². The zero-order valence-electron chi connectivity index (χ0n) is 14.7. The van der Waals surface area contributed by atoms with Crippen LogP contribution < -0.4 is 10.6 Å². The van der Waals surface area contributed by atoms with Gasteiger partial charge in [-0.05, 0) is 19.5 Å². The van der Waals surface area contributed by atoms with E-state index in [2.05, 4.69) is 32.6 Å². The molecule has 0 radical (unpaired) electrons. The Bertz CT molecular complexity index is 680. The van der Waals surface area contributed by atoms with Crippen molar-refractivity contribution >= 4 is 11.8 Å². The van der Waals surface area contributed by atoms with Crippen LogP contribution in [0, 0.1) is 6.92 Å². The van der Waals surface area contributed by atoms with E-state index in [1.807, 2.05) is 30.3 Å². The molecule has 1 aromatic heterocycles. The van der Waals surface area contributed by atoms with Gasteiger partial charge >= 0.3 is 6.03 Å². The number of anilines is 1. The highest BCUT2D eigenvalue weighted by atomic mass is 16.5. The third kappa shape index (κ3) is 5.04. The Morgan fingerprint density at radius 1 is 1.24 bits per heavy atom. The first-order valence-electron chi connectivity index (χ1n) is 8.57. The lowest BCUT2D eigenvalue weighted by Gasteiger charge is -2.35. The van der Waals surface area contributed by atoms with Crippen molar-refractivity contribution in [2.75, 3.05) is 45.1 Å². The number of carbonyl (C=O) groups excluding carboxylic acids is 1. The normalized spacial score (nSPS) is 17.2. The minimum Gasteiger partial charge on any atom is -0.360 e. The summed E-state index contributed by atoms with van der Waals surface area (Å²) < 4.78 is 4.98. The van der Waals surface area contributed by atoms with Crippen LogP contribution in [0.15, 0.2) is 40.9 Å². The maximum atomic E-state index is 12.4. The van der Waals surface area contributed by atoms with Crippen molar-refractivity contribution in [1.29, 1.82) is 0 Å². The van der Waals surface area contributed by atoms with Crippen molar-refractivity contribution in [3.63, 3.8) is 0 Å². The zero-order valence-corrected chi connectivity index (χ0v) is 14.7. The van der Waals surface area contributed by atoms with Crippen LogP contribution in [0.4, 0.5) is 10.6 Å². The fourth-order valence-corrected chi connectivity index (χ4v) is 2.94. The minimum atomic E-state index is -0.281. The molecule has 1 aliphatic rings. The van der Waals surface area contributed by atoms with E-state index in [-0.39, 0.29) is 12.1 Å². The Labute approximate surface area is 148 Å². The summed E-state index contributed by atoms with van der Waals surface area (Å²) in [5, 5.41) is 9.59. The molecule has 7 nitrogen and oxygen atoms in total. The van der Waals surface area contributed by atoms with Gasteiger partial charge in [-0.1, -0.05) is 35.5 Å². The standard InChI is InChI=1S/C18H25N5O2/c1-14-12-17(21-25-14)20-18(24)19-16(15-6-4-3-5-7-15)13-23-10-8-22(2)9-11-23/h3-7,12,16H,8-11,13H2,1-2H3,(H2,19,20,21,24)/t16-/m1/s1. The fourth-order valence-electron chi connectivity index (χ4n) is 2.94. The zero-order chi connectivity index (χ0) is 17.6. The summed E-state index contributed by atoms with van der Waals surface area (Å²) in [6.07, 6.45) is 0. The molecular formula is C18H25N5O2. The van der Waals surface area contributed by atoms with Gasteiger partial charge in [0.2, 0.25) is 0 Å². The smallest absolute Gasteiger partial charge is 0.321 e. The summed E-state index contributed by atoms with van der Waals surface area (Å²) in [5.74, 6) is 1.08. The van der Waals surface area contributed by atoms with E-state index in [0.29, 0.717) is 11.6 Å². The molecule has 2 amide bonds. The summed E-state index contributed by atoms with van der Waals surface area (Å²) in [6, 6.07) is 11.4. The van der Waals surface area contributed by atoms with Gasteiger partial charge in [-0.15, -0.1) is 0 Å². The first kappa shape index (κ1) is 17.4. The Morgan fingerprint density at radius 2 is 1.96 bits per heavy atom. The van der Waals surface area contributed by atoms with E-state index >= 15 is 0 Å². The number of nitrogens with one attached hydrogen (secondary N) is 2. The van der Waals surface area contributed by atoms with Crippen molar-refractivity contribution in [3.8, 4) is 0 Å².